The van der Waals surface area contributed by atoms with Crippen LogP contribution in [0.4, 0.5) is 5.95 Å². The number of hydrogen-bond donors (Lipinski definition) is 3. The number of nitrogens with one attached hydrogen (secondary N) is 2. The van der Waals surface area contributed by atoms with Gasteiger partial charge in [-0.1, -0.05) is 37.3 Å². The summed E-state index contributed by atoms with van der Waals surface area (Å²) in [7, 11) is 0. The highest BCUT2D eigenvalue weighted by atomic mass is 16.5. The number of benzene rings is 2. The minimum atomic E-state index is -0.283. The lowest BCUT2D eigenvalue weighted by atomic mass is 9.97. The first-order valence-electron chi connectivity index (χ1n) is 13.2. The summed E-state index contributed by atoms with van der Waals surface area (Å²) in [5, 5.41) is 19.1. The zero-order valence-corrected chi connectivity index (χ0v) is 21.6. The third-order valence-corrected chi connectivity index (χ3v) is 7.05. The third kappa shape index (κ3) is 5.89. The Balaban J connectivity index is 1.45. The maximum Gasteiger partial charge on any atom is 0.228 e. The molecule has 1 saturated heterocycles. The molecule has 1 fully saturated rings. The van der Waals surface area contributed by atoms with Gasteiger partial charge in [-0.15, -0.1) is 0 Å². The Morgan fingerprint density at radius 1 is 1.08 bits per heavy atom. The van der Waals surface area contributed by atoms with Gasteiger partial charge in [0.1, 0.15) is 5.75 Å². The maximum atomic E-state index is 10.1. The zero-order valence-electron chi connectivity index (χ0n) is 21.6. The van der Waals surface area contributed by atoms with E-state index in [0.29, 0.717) is 17.9 Å². The molecule has 0 aliphatic carbocycles. The second-order valence-electron chi connectivity index (χ2n) is 9.74. The first-order valence-corrected chi connectivity index (χ1v) is 13.2. The number of pyridine rings is 1. The van der Waals surface area contributed by atoms with Crippen molar-refractivity contribution in [2.45, 2.75) is 58.1 Å². The lowest BCUT2D eigenvalue weighted by molar-refractivity contribution is 0.161. The van der Waals surface area contributed by atoms with E-state index in [1.807, 2.05) is 25.1 Å². The molecule has 7 nitrogen and oxygen atoms in total. The number of rotatable bonds is 9. The molecule has 0 amide bonds. The van der Waals surface area contributed by atoms with Gasteiger partial charge in [-0.3, -0.25) is 0 Å². The molecule has 0 bridgehead atoms. The van der Waals surface area contributed by atoms with E-state index in [4.69, 9.17) is 9.72 Å². The number of aryl methyl sites for hydroxylation is 2. The van der Waals surface area contributed by atoms with E-state index in [2.05, 4.69) is 57.9 Å². The van der Waals surface area contributed by atoms with Crippen molar-refractivity contribution in [3.63, 3.8) is 0 Å². The summed E-state index contributed by atoms with van der Waals surface area (Å²) in [6.07, 6.45) is 7.79. The molecule has 5 rings (SSSR count). The lowest BCUT2D eigenvalue weighted by Crippen LogP contribution is -2.38. The summed E-state index contributed by atoms with van der Waals surface area (Å²) in [6.45, 7) is 6.03. The summed E-state index contributed by atoms with van der Waals surface area (Å²) in [5.74, 6) is 1.91. The Morgan fingerprint density at radius 3 is 2.84 bits per heavy atom. The largest absolute Gasteiger partial charge is 0.437 e. The highest BCUT2D eigenvalue weighted by Gasteiger charge is 2.17. The van der Waals surface area contributed by atoms with E-state index in [9.17, 15) is 5.11 Å². The molecule has 4 aromatic rings. The second kappa shape index (κ2) is 11.7. The summed E-state index contributed by atoms with van der Waals surface area (Å²) >= 11 is 0. The van der Waals surface area contributed by atoms with Crippen molar-refractivity contribution < 1.29 is 9.84 Å². The number of fused-ring (bicyclic) bond motifs is 1. The van der Waals surface area contributed by atoms with Gasteiger partial charge < -0.3 is 20.5 Å². The Morgan fingerprint density at radius 2 is 2.00 bits per heavy atom. The van der Waals surface area contributed by atoms with Crippen molar-refractivity contribution in [1.82, 2.24) is 20.3 Å². The molecular formula is C30H35N5O2. The minimum Gasteiger partial charge on any atom is -0.437 e. The minimum absolute atomic E-state index is 0.283. The number of piperidine rings is 1. The van der Waals surface area contributed by atoms with Gasteiger partial charge in [0, 0.05) is 30.4 Å². The maximum absolute atomic E-state index is 10.1. The number of aromatic nitrogens is 3. The second-order valence-corrected chi connectivity index (χ2v) is 9.74. The van der Waals surface area contributed by atoms with Crippen molar-refractivity contribution >= 4 is 16.7 Å². The van der Waals surface area contributed by atoms with Gasteiger partial charge in [-0.2, -0.15) is 0 Å². The van der Waals surface area contributed by atoms with E-state index < -0.39 is 0 Å². The Kier molecular flexibility index (Phi) is 7.92. The van der Waals surface area contributed by atoms with Gasteiger partial charge in [0.05, 0.1) is 17.4 Å². The van der Waals surface area contributed by atoms with Crippen LogP contribution in [-0.2, 0) is 6.42 Å². The van der Waals surface area contributed by atoms with Crippen LogP contribution < -0.4 is 15.4 Å². The highest BCUT2D eigenvalue weighted by molar-refractivity contribution is 5.92. The Hall–Kier alpha value is -3.55. The molecule has 3 N–H and O–H groups in total. The quantitative estimate of drug-likeness (QED) is 0.275. The van der Waals surface area contributed by atoms with Crippen LogP contribution in [0, 0.1) is 6.92 Å². The average Bonchev–Trinajstić information content (AvgIpc) is 2.94. The van der Waals surface area contributed by atoms with E-state index in [1.165, 1.54) is 5.56 Å². The summed E-state index contributed by atoms with van der Waals surface area (Å²) < 4.78 is 6.55. The Labute approximate surface area is 218 Å². The number of aliphatic hydroxyl groups is 1. The fourth-order valence-corrected chi connectivity index (χ4v) is 4.88. The van der Waals surface area contributed by atoms with Crippen LogP contribution in [0.3, 0.4) is 0 Å². The molecule has 0 saturated carbocycles. The molecule has 2 aromatic heterocycles. The predicted molar refractivity (Wildman–Crippen MR) is 148 cm³/mol. The van der Waals surface area contributed by atoms with Crippen molar-refractivity contribution in [3.8, 4) is 22.9 Å². The van der Waals surface area contributed by atoms with Gasteiger partial charge in [0.15, 0.2) is 0 Å². The first-order chi connectivity index (χ1) is 18.1. The standard InChI is InChI=1S/C30H35N5O2/c1-3-23(36)13-12-21-7-4-9-25-24(21)14-11-20(2)28(25)37-29-26(10-6-17-32-29)27-15-18-33-30(35-27)34-22-8-5-16-31-19-22/h4,6-7,9-11,14-15,17-18,22-23,31,36H,3,5,8,12-13,16,19H2,1-2H3,(H,33,34,35)/t22-,23+/m0/s1. The van der Waals surface area contributed by atoms with E-state index >= 15 is 0 Å². The summed E-state index contributed by atoms with van der Waals surface area (Å²) in [5.41, 5.74) is 3.81. The predicted octanol–water partition coefficient (Wildman–Crippen LogP) is 5.66. The molecule has 37 heavy (non-hydrogen) atoms. The van der Waals surface area contributed by atoms with E-state index in [1.54, 1.807) is 12.4 Å². The molecule has 2 aromatic carbocycles. The van der Waals surface area contributed by atoms with E-state index in [-0.39, 0.29) is 6.10 Å². The van der Waals surface area contributed by atoms with Crippen LogP contribution in [-0.4, -0.2) is 45.3 Å². The SMILES string of the molecule is CC[C@@H](O)CCc1cccc2c(Oc3ncccc3-c3ccnc(N[C@H]4CCCNC4)n3)c(C)ccc12. The van der Waals surface area contributed by atoms with Crippen LogP contribution in [0.25, 0.3) is 22.0 Å². The third-order valence-electron chi connectivity index (χ3n) is 7.05. The van der Waals surface area contributed by atoms with Gasteiger partial charge in [-0.05, 0) is 80.3 Å². The van der Waals surface area contributed by atoms with Crippen molar-refractivity contribution in [3.05, 3.63) is 72.1 Å². The van der Waals surface area contributed by atoms with Crippen LogP contribution in [0.15, 0.2) is 60.9 Å². The lowest BCUT2D eigenvalue weighted by Gasteiger charge is -2.23. The van der Waals surface area contributed by atoms with Crippen LogP contribution >= 0.6 is 0 Å². The fraction of sp³-hybridized carbons (Fsp3) is 0.367. The zero-order chi connectivity index (χ0) is 25.6. The fourth-order valence-electron chi connectivity index (χ4n) is 4.88. The molecule has 2 atom stereocenters. The van der Waals surface area contributed by atoms with Gasteiger partial charge in [0.2, 0.25) is 11.8 Å². The van der Waals surface area contributed by atoms with Crippen molar-refractivity contribution in [1.29, 1.82) is 0 Å². The molecule has 192 valence electrons. The monoisotopic (exact) mass is 497 g/mol. The van der Waals surface area contributed by atoms with Gasteiger partial charge in [-0.25, -0.2) is 15.0 Å². The molecule has 0 spiro atoms. The van der Waals surface area contributed by atoms with E-state index in [0.717, 1.165) is 78.5 Å². The van der Waals surface area contributed by atoms with Crippen LogP contribution in [0.1, 0.15) is 43.7 Å². The molecule has 7 heteroatoms. The number of ether oxygens (including phenoxy) is 1. The number of nitrogens with zero attached hydrogens (tertiary/aromatic N) is 3. The number of aliphatic hydroxyl groups excluding tert-OH is 1. The first kappa shape index (κ1) is 25.1. The molecule has 0 unspecified atom stereocenters. The van der Waals surface area contributed by atoms with Crippen molar-refractivity contribution in [2.75, 3.05) is 18.4 Å². The normalized spacial score (nSPS) is 16.5. The smallest absolute Gasteiger partial charge is 0.228 e. The number of hydrogen-bond acceptors (Lipinski definition) is 7. The van der Waals surface area contributed by atoms with Gasteiger partial charge in [0.25, 0.3) is 0 Å². The van der Waals surface area contributed by atoms with Crippen LogP contribution in [0.2, 0.25) is 0 Å². The average molecular weight is 498 g/mol. The highest BCUT2D eigenvalue weighted by Crippen LogP contribution is 2.37. The molecule has 0 radical (unpaired) electrons. The molecule has 1 aliphatic rings. The molecular weight excluding hydrogens is 462 g/mol. The van der Waals surface area contributed by atoms with Gasteiger partial charge >= 0.3 is 0 Å². The van der Waals surface area contributed by atoms with Crippen LogP contribution in [0.5, 0.6) is 11.6 Å². The number of anilines is 1. The molecule has 3 heterocycles. The summed E-state index contributed by atoms with van der Waals surface area (Å²) in [6, 6.07) is 16.6. The summed E-state index contributed by atoms with van der Waals surface area (Å²) in [4.78, 5) is 13.8. The Bertz CT molecular complexity index is 1350. The topological polar surface area (TPSA) is 92.2 Å². The van der Waals surface area contributed by atoms with Crippen molar-refractivity contribution in [2.24, 2.45) is 0 Å². The molecule has 1 aliphatic heterocycles.